The lowest BCUT2D eigenvalue weighted by Gasteiger charge is -2.29. The van der Waals surface area contributed by atoms with Crippen LogP contribution in [0.25, 0.3) is 0 Å². The predicted octanol–water partition coefficient (Wildman–Crippen LogP) is 2.63. The Morgan fingerprint density at radius 1 is 1.32 bits per heavy atom. The van der Waals surface area contributed by atoms with Crippen LogP contribution in [0.2, 0.25) is 0 Å². The molecule has 3 atom stereocenters. The van der Waals surface area contributed by atoms with E-state index in [1.165, 1.54) is 0 Å². The minimum absolute atomic E-state index is 0.154. The van der Waals surface area contributed by atoms with Crippen LogP contribution in [0.5, 0.6) is 0 Å². The number of carbonyl (C=O) groups excluding carboxylic acids is 1. The van der Waals surface area contributed by atoms with Gasteiger partial charge in [0.1, 0.15) is 0 Å². The normalized spacial score (nSPS) is 23.1. The SMILES string of the molecule is CC(C)C(CNC(=O)[C@H]1CCN[C@@H](C)C1)Nc1ccccc1. The third-order valence-corrected chi connectivity index (χ3v) is 4.42. The summed E-state index contributed by atoms with van der Waals surface area (Å²) in [5.41, 5.74) is 1.10. The van der Waals surface area contributed by atoms with Crippen molar-refractivity contribution >= 4 is 11.6 Å². The highest BCUT2D eigenvalue weighted by Crippen LogP contribution is 2.17. The van der Waals surface area contributed by atoms with E-state index in [2.05, 4.69) is 48.9 Å². The Bertz CT molecular complexity index is 461. The maximum atomic E-state index is 12.4. The van der Waals surface area contributed by atoms with E-state index in [-0.39, 0.29) is 17.9 Å². The smallest absolute Gasteiger partial charge is 0.223 e. The largest absolute Gasteiger partial charge is 0.380 e. The molecule has 22 heavy (non-hydrogen) atoms. The van der Waals surface area contributed by atoms with Crippen LogP contribution in [-0.4, -0.2) is 31.1 Å². The number of rotatable bonds is 6. The third kappa shape index (κ3) is 5.02. The molecule has 1 fully saturated rings. The number of carbonyl (C=O) groups is 1. The summed E-state index contributed by atoms with van der Waals surface area (Å²) in [7, 11) is 0. The van der Waals surface area contributed by atoms with Gasteiger partial charge in [0, 0.05) is 30.2 Å². The van der Waals surface area contributed by atoms with E-state index < -0.39 is 0 Å². The molecule has 1 saturated heterocycles. The number of piperidine rings is 1. The van der Waals surface area contributed by atoms with Crippen LogP contribution in [0.15, 0.2) is 30.3 Å². The first-order valence-corrected chi connectivity index (χ1v) is 8.39. The molecule has 3 N–H and O–H groups in total. The zero-order valence-electron chi connectivity index (χ0n) is 13.9. The fourth-order valence-electron chi connectivity index (χ4n) is 2.93. The first-order valence-electron chi connectivity index (χ1n) is 8.39. The summed E-state index contributed by atoms with van der Waals surface area (Å²) < 4.78 is 0. The van der Waals surface area contributed by atoms with Gasteiger partial charge >= 0.3 is 0 Å². The molecule has 1 heterocycles. The van der Waals surface area contributed by atoms with Gasteiger partial charge < -0.3 is 16.0 Å². The van der Waals surface area contributed by atoms with Crippen molar-refractivity contribution in [1.82, 2.24) is 10.6 Å². The fourth-order valence-corrected chi connectivity index (χ4v) is 2.93. The third-order valence-electron chi connectivity index (χ3n) is 4.42. The summed E-state index contributed by atoms with van der Waals surface area (Å²) in [4.78, 5) is 12.4. The lowest BCUT2D eigenvalue weighted by Crippen LogP contribution is -2.46. The quantitative estimate of drug-likeness (QED) is 0.757. The van der Waals surface area contributed by atoms with E-state index in [1.807, 2.05) is 18.2 Å². The van der Waals surface area contributed by atoms with Gasteiger partial charge in [-0.2, -0.15) is 0 Å². The van der Waals surface area contributed by atoms with E-state index in [0.717, 1.165) is 25.1 Å². The van der Waals surface area contributed by atoms with Crippen molar-refractivity contribution in [1.29, 1.82) is 0 Å². The molecule has 0 saturated carbocycles. The van der Waals surface area contributed by atoms with Crippen LogP contribution < -0.4 is 16.0 Å². The summed E-state index contributed by atoms with van der Waals surface area (Å²) in [5, 5.41) is 10.1. The van der Waals surface area contributed by atoms with Gasteiger partial charge in [0.05, 0.1) is 0 Å². The molecule has 1 aliphatic heterocycles. The molecule has 4 heteroatoms. The molecule has 0 aliphatic carbocycles. The Kier molecular flexibility index (Phi) is 6.25. The Morgan fingerprint density at radius 2 is 2.05 bits per heavy atom. The van der Waals surface area contributed by atoms with Gasteiger partial charge in [-0.3, -0.25) is 4.79 Å². The second kappa shape index (κ2) is 8.18. The highest BCUT2D eigenvalue weighted by molar-refractivity contribution is 5.78. The summed E-state index contributed by atoms with van der Waals surface area (Å²) in [5.74, 6) is 0.808. The molecule has 1 amide bonds. The highest BCUT2D eigenvalue weighted by atomic mass is 16.1. The maximum Gasteiger partial charge on any atom is 0.223 e. The number of hydrogen-bond donors (Lipinski definition) is 3. The average molecular weight is 303 g/mol. The first-order chi connectivity index (χ1) is 10.6. The summed E-state index contributed by atoms with van der Waals surface area (Å²) >= 11 is 0. The van der Waals surface area contributed by atoms with Crippen LogP contribution in [0.4, 0.5) is 5.69 Å². The molecule has 2 rings (SSSR count). The zero-order valence-corrected chi connectivity index (χ0v) is 13.9. The van der Waals surface area contributed by atoms with Crippen molar-refractivity contribution in [2.45, 2.75) is 45.7 Å². The zero-order chi connectivity index (χ0) is 15.9. The molecule has 0 spiro atoms. The van der Waals surface area contributed by atoms with Gasteiger partial charge in [-0.25, -0.2) is 0 Å². The Labute approximate surface area is 134 Å². The van der Waals surface area contributed by atoms with Gasteiger partial charge in [-0.1, -0.05) is 32.0 Å². The first kappa shape index (κ1) is 16.8. The number of anilines is 1. The number of benzene rings is 1. The minimum atomic E-state index is 0.154. The van der Waals surface area contributed by atoms with Crippen LogP contribution in [0.1, 0.15) is 33.6 Å². The number of hydrogen-bond acceptors (Lipinski definition) is 3. The molecule has 4 nitrogen and oxygen atoms in total. The summed E-state index contributed by atoms with van der Waals surface area (Å²) in [6.45, 7) is 8.12. The van der Waals surface area contributed by atoms with E-state index in [0.29, 0.717) is 18.5 Å². The monoisotopic (exact) mass is 303 g/mol. The van der Waals surface area contributed by atoms with Crippen molar-refractivity contribution < 1.29 is 4.79 Å². The van der Waals surface area contributed by atoms with Crippen molar-refractivity contribution in [2.24, 2.45) is 11.8 Å². The number of para-hydroxylation sites is 1. The molecule has 1 unspecified atom stereocenters. The Hall–Kier alpha value is -1.55. The van der Waals surface area contributed by atoms with Gasteiger partial charge in [-0.05, 0) is 44.4 Å². The van der Waals surface area contributed by atoms with Crippen molar-refractivity contribution in [3.8, 4) is 0 Å². The number of nitrogens with one attached hydrogen (secondary N) is 3. The fraction of sp³-hybridized carbons (Fsp3) is 0.611. The molecular formula is C18H29N3O. The van der Waals surface area contributed by atoms with Gasteiger partial charge in [0.25, 0.3) is 0 Å². The molecule has 0 bridgehead atoms. The lowest BCUT2D eigenvalue weighted by atomic mass is 9.92. The van der Waals surface area contributed by atoms with Crippen LogP contribution >= 0.6 is 0 Å². The highest BCUT2D eigenvalue weighted by Gasteiger charge is 2.25. The van der Waals surface area contributed by atoms with E-state index in [1.54, 1.807) is 0 Å². The van der Waals surface area contributed by atoms with Crippen LogP contribution in [-0.2, 0) is 4.79 Å². The molecule has 1 aromatic carbocycles. The average Bonchev–Trinajstić information content (AvgIpc) is 2.51. The van der Waals surface area contributed by atoms with E-state index in [9.17, 15) is 4.79 Å². The van der Waals surface area contributed by atoms with Crippen LogP contribution in [0.3, 0.4) is 0 Å². The van der Waals surface area contributed by atoms with Gasteiger partial charge in [-0.15, -0.1) is 0 Å². The second-order valence-electron chi connectivity index (χ2n) is 6.68. The van der Waals surface area contributed by atoms with Crippen molar-refractivity contribution in [3.05, 3.63) is 30.3 Å². The van der Waals surface area contributed by atoms with Gasteiger partial charge in [0.2, 0.25) is 5.91 Å². The Morgan fingerprint density at radius 3 is 2.68 bits per heavy atom. The predicted molar refractivity (Wildman–Crippen MR) is 91.9 cm³/mol. The second-order valence-corrected chi connectivity index (χ2v) is 6.68. The Balaban J connectivity index is 1.84. The van der Waals surface area contributed by atoms with Gasteiger partial charge in [0.15, 0.2) is 0 Å². The van der Waals surface area contributed by atoms with E-state index in [4.69, 9.17) is 0 Å². The lowest BCUT2D eigenvalue weighted by molar-refractivity contribution is -0.126. The molecule has 122 valence electrons. The summed E-state index contributed by atoms with van der Waals surface area (Å²) in [6.07, 6.45) is 1.87. The maximum absolute atomic E-state index is 12.4. The summed E-state index contributed by atoms with van der Waals surface area (Å²) in [6, 6.07) is 10.9. The molecule has 0 radical (unpaired) electrons. The van der Waals surface area contributed by atoms with Crippen molar-refractivity contribution in [3.63, 3.8) is 0 Å². The molecule has 1 aromatic rings. The van der Waals surface area contributed by atoms with Crippen molar-refractivity contribution in [2.75, 3.05) is 18.4 Å². The standard InChI is InChI=1S/C18H29N3O/c1-13(2)17(21-16-7-5-4-6-8-16)12-20-18(22)15-9-10-19-14(3)11-15/h4-8,13-15,17,19,21H,9-12H2,1-3H3,(H,20,22)/t14-,15-,17?/m0/s1. The molecule has 1 aliphatic rings. The number of amides is 1. The molecule has 0 aromatic heterocycles. The topological polar surface area (TPSA) is 53.2 Å². The molecular weight excluding hydrogens is 274 g/mol. The van der Waals surface area contributed by atoms with E-state index >= 15 is 0 Å². The minimum Gasteiger partial charge on any atom is -0.380 e. The van der Waals surface area contributed by atoms with Crippen LogP contribution in [0, 0.1) is 11.8 Å².